The fourth-order valence-electron chi connectivity index (χ4n) is 3.12. The highest BCUT2D eigenvalue weighted by Gasteiger charge is 2.35. The van der Waals surface area contributed by atoms with E-state index in [1.54, 1.807) is 12.1 Å². The molecule has 0 radical (unpaired) electrons. The molecule has 1 saturated heterocycles. The van der Waals surface area contributed by atoms with Gasteiger partial charge in [-0.15, -0.1) is 0 Å². The number of hydrogen-bond donors (Lipinski definition) is 0. The van der Waals surface area contributed by atoms with E-state index in [0.717, 1.165) is 24.9 Å². The van der Waals surface area contributed by atoms with Crippen molar-refractivity contribution in [1.82, 2.24) is 4.90 Å². The molecular weight excluding hydrogens is 306 g/mol. The summed E-state index contributed by atoms with van der Waals surface area (Å²) in [5.74, 6) is -0.169. The van der Waals surface area contributed by atoms with Crippen molar-refractivity contribution in [1.29, 1.82) is 0 Å². The van der Waals surface area contributed by atoms with Gasteiger partial charge in [-0.25, -0.2) is 9.59 Å². The molecule has 0 unspecified atom stereocenters. The molecular formula is C19H27NO4. The van der Waals surface area contributed by atoms with E-state index in [1.807, 2.05) is 37.8 Å². The van der Waals surface area contributed by atoms with Crippen LogP contribution < -0.4 is 0 Å². The van der Waals surface area contributed by atoms with Gasteiger partial charge in [-0.05, 0) is 51.3 Å². The molecule has 24 heavy (non-hydrogen) atoms. The molecule has 132 valence electrons. The molecule has 0 aromatic heterocycles. The maximum atomic E-state index is 12.4. The molecule has 1 amide bonds. The second-order valence-electron chi connectivity index (χ2n) is 7.29. The van der Waals surface area contributed by atoms with Gasteiger partial charge in [-0.3, -0.25) is 0 Å². The van der Waals surface area contributed by atoms with Crippen LogP contribution in [0.15, 0.2) is 24.3 Å². The molecule has 1 aliphatic rings. The van der Waals surface area contributed by atoms with Gasteiger partial charge in [0.25, 0.3) is 0 Å². The molecule has 1 fully saturated rings. The van der Waals surface area contributed by atoms with Crippen molar-refractivity contribution >= 4 is 12.1 Å². The predicted octanol–water partition coefficient (Wildman–Crippen LogP) is 3.98. The number of esters is 1. The van der Waals surface area contributed by atoms with E-state index in [2.05, 4.69) is 6.92 Å². The summed E-state index contributed by atoms with van der Waals surface area (Å²) in [4.78, 5) is 25.8. The van der Waals surface area contributed by atoms with E-state index in [4.69, 9.17) is 9.47 Å². The zero-order chi connectivity index (χ0) is 17.9. The number of methoxy groups -OCH3 is 1. The Morgan fingerprint density at radius 1 is 1.21 bits per heavy atom. The van der Waals surface area contributed by atoms with Crippen LogP contribution in [-0.4, -0.2) is 42.3 Å². The van der Waals surface area contributed by atoms with Crippen LogP contribution in [0.3, 0.4) is 0 Å². The summed E-state index contributed by atoms with van der Waals surface area (Å²) in [6.07, 6.45) is 1.69. The molecule has 2 atom stereocenters. The Hall–Kier alpha value is -2.04. The van der Waals surface area contributed by atoms with E-state index in [1.165, 1.54) is 7.11 Å². The van der Waals surface area contributed by atoms with Crippen LogP contribution >= 0.6 is 0 Å². The van der Waals surface area contributed by atoms with Crippen LogP contribution in [0.4, 0.5) is 4.79 Å². The summed E-state index contributed by atoms with van der Waals surface area (Å²) in [6.45, 7) is 8.48. The van der Waals surface area contributed by atoms with E-state index in [-0.39, 0.29) is 24.0 Å². The molecule has 0 saturated carbocycles. The number of benzene rings is 1. The molecule has 0 spiro atoms. The summed E-state index contributed by atoms with van der Waals surface area (Å²) in [5, 5.41) is 0. The molecule has 5 heteroatoms. The first-order valence-electron chi connectivity index (χ1n) is 8.41. The third-order valence-electron chi connectivity index (χ3n) is 4.36. The van der Waals surface area contributed by atoms with Gasteiger partial charge in [0.2, 0.25) is 0 Å². The highest BCUT2D eigenvalue weighted by Crippen LogP contribution is 2.32. The van der Waals surface area contributed by atoms with Gasteiger partial charge in [0.1, 0.15) is 5.60 Å². The molecule has 2 rings (SSSR count). The second kappa shape index (κ2) is 7.24. The smallest absolute Gasteiger partial charge is 0.410 e. The van der Waals surface area contributed by atoms with Crippen LogP contribution in [-0.2, 0) is 9.47 Å². The lowest BCUT2D eigenvalue weighted by Gasteiger charge is -2.32. The topological polar surface area (TPSA) is 55.8 Å². The summed E-state index contributed by atoms with van der Waals surface area (Å²) >= 11 is 0. The summed E-state index contributed by atoms with van der Waals surface area (Å²) in [5.41, 5.74) is 1.14. The number of ether oxygens (including phenoxy) is 2. The average molecular weight is 333 g/mol. The molecule has 1 aliphatic heterocycles. The normalized spacial score (nSPS) is 19.0. The minimum atomic E-state index is -0.490. The van der Waals surface area contributed by atoms with Crippen molar-refractivity contribution in [2.24, 2.45) is 0 Å². The predicted molar refractivity (Wildman–Crippen MR) is 92.2 cm³/mol. The zero-order valence-corrected chi connectivity index (χ0v) is 15.2. The largest absolute Gasteiger partial charge is 0.465 e. The Kier molecular flexibility index (Phi) is 5.52. The third-order valence-corrected chi connectivity index (χ3v) is 4.36. The Morgan fingerprint density at radius 2 is 1.83 bits per heavy atom. The van der Waals surface area contributed by atoms with Gasteiger partial charge in [0, 0.05) is 18.5 Å². The number of amides is 1. The second-order valence-corrected chi connectivity index (χ2v) is 7.29. The van der Waals surface area contributed by atoms with Gasteiger partial charge < -0.3 is 14.4 Å². The van der Waals surface area contributed by atoms with Crippen LogP contribution in [0.1, 0.15) is 62.4 Å². The summed E-state index contributed by atoms with van der Waals surface area (Å²) in [7, 11) is 1.37. The number of likely N-dealkylation sites (tertiary alicyclic amines) is 1. The molecule has 5 nitrogen and oxygen atoms in total. The lowest BCUT2D eigenvalue weighted by molar-refractivity contribution is 0.0209. The minimum Gasteiger partial charge on any atom is -0.465 e. The molecule has 1 aromatic rings. The standard InChI is InChI=1S/C19H27NO4/c1-13(14-8-10-15(11-9-14)17(21)23-5)16-7-6-12-20(16)18(22)24-19(2,3)4/h8-11,13,16H,6-7,12H2,1-5H3/t13-,16-/m1/s1. The maximum Gasteiger partial charge on any atom is 0.410 e. The molecule has 0 bridgehead atoms. The van der Waals surface area contributed by atoms with Crippen LogP contribution in [0.5, 0.6) is 0 Å². The quantitative estimate of drug-likeness (QED) is 0.785. The summed E-state index contributed by atoms with van der Waals surface area (Å²) < 4.78 is 10.3. The SMILES string of the molecule is COC(=O)c1ccc([C@@H](C)[C@H]2CCCN2C(=O)OC(C)(C)C)cc1. The van der Waals surface area contributed by atoms with Gasteiger partial charge in [-0.1, -0.05) is 19.1 Å². The Morgan fingerprint density at radius 3 is 2.38 bits per heavy atom. The van der Waals surface area contributed by atoms with Crippen molar-refractivity contribution in [3.05, 3.63) is 35.4 Å². The molecule has 1 heterocycles. The monoisotopic (exact) mass is 333 g/mol. The fourth-order valence-corrected chi connectivity index (χ4v) is 3.12. The first-order chi connectivity index (χ1) is 11.2. The zero-order valence-electron chi connectivity index (χ0n) is 15.2. The van der Waals surface area contributed by atoms with Gasteiger partial charge in [0.05, 0.1) is 12.7 Å². The Bertz CT molecular complexity index is 588. The van der Waals surface area contributed by atoms with Crippen molar-refractivity contribution in [3.63, 3.8) is 0 Å². The van der Waals surface area contributed by atoms with E-state index in [9.17, 15) is 9.59 Å². The molecule has 0 aliphatic carbocycles. The Balaban J connectivity index is 2.11. The minimum absolute atomic E-state index is 0.115. The summed E-state index contributed by atoms with van der Waals surface area (Å²) in [6, 6.07) is 7.52. The van der Waals surface area contributed by atoms with E-state index in [0.29, 0.717) is 5.56 Å². The van der Waals surface area contributed by atoms with Gasteiger partial charge in [0.15, 0.2) is 0 Å². The van der Waals surface area contributed by atoms with Crippen molar-refractivity contribution in [2.45, 2.75) is 58.1 Å². The fraction of sp³-hybridized carbons (Fsp3) is 0.579. The Labute approximate surface area is 143 Å². The van der Waals surface area contributed by atoms with Crippen molar-refractivity contribution in [2.75, 3.05) is 13.7 Å². The van der Waals surface area contributed by atoms with Crippen LogP contribution in [0.25, 0.3) is 0 Å². The first kappa shape index (κ1) is 18.3. The average Bonchev–Trinajstić information content (AvgIpc) is 3.01. The molecule has 0 N–H and O–H groups in total. The number of carbonyl (C=O) groups excluding carboxylic acids is 2. The number of rotatable bonds is 3. The van der Waals surface area contributed by atoms with E-state index < -0.39 is 5.60 Å². The third kappa shape index (κ3) is 4.28. The number of carbonyl (C=O) groups is 2. The number of nitrogens with zero attached hydrogens (tertiary/aromatic N) is 1. The first-order valence-corrected chi connectivity index (χ1v) is 8.41. The van der Waals surface area contributed by atoms with Crippen molar-refractivity contribution < 1.29 is 19.1 Å². The van der Waals surface area contributed by atoms with E-state index >= 15 is 0 Å². The maximum absolute atomic E-state index is 12.4. The van der Waals surface area contributed by atoms with Gasteiger partial charge >= 0.3 is 12.1 Å². The lowest BCUT2D eigenvalue weighted by atomic mass is 9.91. The lowest BCUT2D eigenvalue weighted by Crippen LogP contribution is -2.41. The number of hydrogen-bond acceptors (Lipinski definition) is 4. The highest BCUT2D eigenvalue weighted by molar-refractivity contribution is 5.89. The molecule has 1 aromatic carbocycles. The van der Waals surface area contributed by atoms with Crippen LogP contribution in [0, 0.1) is 0 Å². The van der Waals surface area contributed by atoms with Gasteiger partial charge in [-0.2, -0.15) is 0 Å². The van der Waals surface area contributed by atoms with Crippen molar-refractivity contribution in [3.8, 4) is 0 Å². The van der Waals surface area contributed by atoms with Crippen LogP contribution in [0.2, 0.25) is 0 Å². The highest BCUT2D eigenvalue weighted by atomic mass is 16.6.